The topological polar surface area (TPSA) is 29.5 Å². The first kappa shape index (κ1) is 18.2. The molecule has 1 rings (SSSR count). The number of benzene rings is 1. The number of hydrogen-bond donors (Lipinski definition) is 0. The molecular formula is C19H27NO2. The average molecular weight is 301 g/mol. The van der Waals surface area contributed by atoms with Gasteiger partial charge in [0.2, 0.25) is 0 Å². The number of esters is 1. The van der Waals surface area contributed by atoms with Crippen molar-refractivity contribution in [3.8, 4) is 0 Å². The highest BCUT2D eigenvalue weighted by atomic mass is 16.5. The largest absolute Gasteiger partial charge is 0.461 e. The van der Waals surface area contributed by atoms with Gasteiger partial charge in [-0.2, -0.15) is 0 Å². The number of nitrogens with zero attached hydrogens (tertiary/aromatic N) is 1. The zero-order valence-corrected chi connectivity index (χ0v) is 13.9. The van der Waals surface area contributed by atoms with Crippen molar-refractivity contribution < 1.29 is 9.53 Å². The Bertz CT molecular complexity index is 491. The molecule has 2 atom stereocenters. The van der Waals surface area contributed by atoms with Crippen LogP contribution >= 0.6 is 0 Å². The van der Waals surface area contributed by atoms with Gasteiger partial charge in [-0.3, -0.25) is 4.90 Å². The van der Waals surface area contributed by atoms with E-state index in [0.717, 1.165) is 13.1 Å². The van der Waals surface area contributed by atoms with Crippen molar-refractivity contribution in [2.75, 3.05) is 19.7 Å². The molecule has 1 aromatic carbocycles. The molecule has 0 aromatic heterocycles. The van der Waals surface area contributed by atoms with E-state index in [1.165, 1.54) is 5.56 Å². The molecule has 1 aromatic rings. The lowest BCUT2D eigenvalue weighted by Crippen LogP contribution is -2.42. The fraction of sp³-hybridized carbons (Fsp3) is 0.421. The average Bonchev–Trinajstić information content (AvgIpc) is 2.54. The molecule has 120 valence electrons. The summed E-state index contributed by atoms with van der Waals surface area (Å²) in [5.41, 5.74) is 1.61. The van der Waals surface area contributed by atoms with Gasteiger partial charge in [-0.25, -0.2) is 4.79 Å². The van der Waals surface area contributed by atoms with Crippen LogP contribution in [0.1, 0.15) is 32.3 Å². The van der Waals surface area contributed by atoms with Crippen LogP contribution < -0.4 is 0 Å². The van der Waals surface area contributed by atoms with E-state index >= 15 is 0 Å². The molecule has 0 aliphatic heterocycles. The molecule has 0 aliphatic rings. The molecule has 0 aliphatic carbocycles. The molecule has 0 saturated carbocycles. The summed E-state index contributed by atoms with van der Waals surface area (Å²) in [6.45, 7) is 15.6. The molecule has 22 heavy (non-hydrogen) atoms. The molecule has 0 saturated heterocycles. The predicted octanol–water partition coefficient (Wildman–Crippen LogP) is 3.79. The Morgan fingerprint density at radius 2 is 1.86 bits per heavy atom. The smallest absolute Gasteiger partial charge is 0.333 e. The molecule has 0 N–H and O–H groups in total. The zero-order chi connectivity index (χ0) is 16.5. The highest BCUT2D eigenvalue weighted by molar-refractivity contribution is 5.86. The summed E-state index contributed by atoms with van der Waals surface area (Å²) in [5, 5.41) is 0. The fourth-order valence-corrected chi connectivity index (χ4v) is 2.60. The van der Waals surface area contributed by atoms with Gasteiger partial charge in [0, 0.05) is 11.5 Å². The normalized spacial score (nSPS) is 13.5. The molecule has 2 unspecified atom stereocenters. The maximum Gasteiger partial charge on any atom is 0.333 e. The van der Waals surface area contributed by atoms with Crippen LogP contribution in [0.2, 0.25) is 0 Å². The minimum absolute atomic E-state index is 0.0678. The van der Waals surface area contributed by atoms with Crippen molar-refractivity contribution in [1.29, 1.82) is 0 Å². The van der Waals surface area contributed by atoms with Gasteiger partial charge >= 0.3 is 5.97 Å². The molecule has 0 bridgehead atoms. The van der Waals surface area contributed by atoms with Gasteiger partial charge in [-0.05, 0) is 25.6 Å². The summed E-state index contributed by atoms with van der Waals surface area (Å²) in [5.74, 6) is -0.230. The van der Waals surface area contributed by atoms with E-state index in [9.17, 15) is 4.79 Å². The number of hydrogen-bond acceptors (Lipinski definition) is 3. The Labute approximate surface area is 134 Å². The fourth-order valence-electron chi connectivity index (χ4n) is 2.60. The molecular weight excluding hydrogens is 274 g/mol. The van der Waals surface area contributed by atoms with Gasteiger partial charge in [-0.1, -0.05) is 56.8 Å². The third-order valence-electron chi connectivity index (χ3n) is 3.87. The Morgan fingerprint density at radius 1 is 1.27 bits per heavy atom. The minimum Gasteiger partial charge on any atom is -0.461 e. The van der Waals surface area contributed by atoms with Crippen molar-refractivity contribution >= 4 is 5.97 Å². The number of rotatable bonds is 9. The van der Waals surface area contributed by atoms with E-state index in [4.69, 9.17) is 4.74 Å². The Balaban J connectivity index is 2.99. The van der Waals surface area contributed by atoms with Crippen LogP contribution in [0.5, 0.6) is 0 Å². The number of ether oxygens (including phenoxy) is 1. The summed E-state index contributed by atoms with van der Waals surface area (Å²) in [7, 11) is 0. The molecule has 0 amide bonds. The van der Waals surface area contributed by atoms with Crippen molar-refractivity contribution in [2.24, 2.45) is 0 Å². The van der Waals surface area contributed by atoms with Crippen LogP contribution in [0, 0.1) is 0 Å². The van der Waals surface area contributed by atoms with Gasteiger partial charge in [0.15, 0.2) is 0 Å². The van der Waals surface area contributed by atoms with Gasteiger partial charge in [-0.15, -0.1) is 6.58 Å². The molecule has 0 fully saturated rings. The summed E-state index contributed by atoms with van der Waals surface area (Å²) >= 11 is 0. The lowest BCUT2D eigenvalue weighted by molar-refractivity contribution is -0.140. The monoisotopic (exact) mass is 301 g/mol. The maximum absolute atomic E-state index is 11.7. The Kier molecular flexibility index (Phi) is 7.61. The van der Waals surface area contributed by atoms with Crippen molar-refractivity contribution in [1.82, 2.24) is 4.90 Å². The summed E-state index contributed by atoms with van der Waals surface area (Å²) in [4.78, 5) is 14.0. The standard InChI is InChI=1S/C19H27NO2/c1-6-17(16-12-10-9-11-13-16)18(20(7-2)8-3)14-22-19(21)15(4)5/h6,9-13,17-18H,1,4,7-8,14H2,2-3,5H3. The molecule has 0 heterocycles. The van der Waals surface area contributed by atoms with Crippen molar-refractivity contribution in [3.05, 3.63) is 60.7 Å². The molecule has 3 heteroatoms. The second kappa shape index (κ2) is 9.21. The summed E-state index contributed by atoms with van der Waals surface area (Å²) in [6.07, 6.45) is 1.94. The first-order valence-electron chi connectivity index (χ1n) is 7.79. The van der Waals surface area contributed by atoms with Crippen LogP contribution in [0.25, 0.3) is 0 Å². The highest BCUT2D eigenvalue weighted by Crippen LogP contribution is 2.25. The van der Waals surface area contributed by atoms with E-state index in [0.29, 0.717) is 12.2 Å². The predicted molar refractivity (Wildman–Crippen MR) is 91.9 cm³/mol. The van der Waals surface area contributed by atoms with Gasteiger partial charge in [0.1, 0.15) is 6.61 Å². The molecule has 3 nitrogen and oxygen atoms in total. The van der Waals surface area contributed by atoms with Gasteiger partial charge in [0.05, 0.1) is 6.04 Å². The quantitative estimate of drug-likeness (QED) is 0.395. The second-order valence-electron chi connectivity index (χ2n) is 5.34. The van der Waals surface area contributed by atoms with E-state index < -0.39 is 0 Å². The van der Waals surface area contributed by atoms with Crippen molar-refractivity contribution in [2.45, 2.75) is 32.7 Å². The van der Waals surface area contributed by atoms with E-state index in [1.54, 1.807) is 6.92 Å². The van der Waals surface area contributed by atoms with E-state index in [2.05, 4.69) is 44.0 Å². The lowest BCUT2D eigenvalue weighted by atomic mass is 9.90. The van der Waals surface area contributed by atoms with Crippen molar-refractivity contribution in [3.63, 3.8) is 0 Å². The Morgan fingerprint density at radius 3 is 2.32 bits per heavy atom. The number of carbonyl (C=O) groups is 1. The SMILES string of the molecule is C=CC(c1ccccc1)C(COC(=O)C(=C)C)N(CC)CC. The molecule has 0 radical (unpaired) electrons. The van der Waals surface area contributed by atoms with Crippen LogP contribution in [0.4, 0.5) is 0 Å². The van der Waals surface area contributed by atoms with Crippen LogP contribution in [0.3, 0.4) is 0 Å². The first-order chi connectivity index (χ1) is 10.5. The van der Waals surface area contributed by atoms with E-state index in [1.807, 2.05) is 24.3 Å². The van der Waals surface area contributed by atoms with Crippen LogP contribution in [-0.2, 0) is 9.53 Å². The van der Waals surface area contributed by atoms with Gasteiger partial charge in [0.25, 0.3) is 0 Å². The summed E-state index contributed by atoms with van der Waals surface area (Å²) < 4.78 is 5.43. The number of carbonyl (C=O) groups excluding carboxylic acids is 1. The summed E-state index contributed by atoms with van der Waals surface area (Å²) in [6, 6.07) is 10.3. The third-order valence-corrected chi connectivity index (χ3v) is 3.87. The minimum atomic E-state index is -0.340. The van der Waals surface area contributed by atoms with E-state index in [-0.39, 0.29) is 17.9 Å². The highest BCUT2D eigenvalue weighted by Gasteiger charge is 2.26. The lowest BCUT2D eigenvalue weighted by Gasteiger charge is -2.34. The third kappa shape index (κ3) is 4.85. The maximum atomic E-state index is 11.7. The first-order valence-corrected chi connectivity index (χ1v) is 7.79. The molecule has 0 spiro atoms. The number of likely N-dealkylation sites (N-methyl/N-ethyl adjacent to an activating group) is 1. The van der Waals surface area contributed by atoms with Crippen LogP contribution in [0.15, 0.2) is 55.1 Å². The zero-order valence-electron chi connectivity index (χ0n) is 13.9. The Hall–Kier alpha value is -1.87. The van der Waals surface area contributed by atoms with Gasteiger partial charge < -0.3 is 4.74 Å². The van der Waals surface area contributed by atoms with Crippen LogP contribution in [-0.4, -0.2) is 36.6 Å². The second-order valence-corrected chi connectivity index (χ2v) is 5.34.